The predicted molar refractivity (Wildman–Crippen MR) is 112 cm³/mol. The van der Waals surface area contributed by atoms with Crippen molar-refractivity contribution in [1.82, 2.24) is 20.2 Å². The van der Waals surface area contributed by atoms with Crippen molar-refractivity contribution in [3.05, 3.63) is 101 Å². The lowest BCUT2D eigenvalue weighted by Gasteiger charge is -2.21. The van der Waals surface area contributed by atoms with Gasteiger partial charge in [-0.05, 0) is 59.2 Å². The number of para-hydroxylation sites is 1. The monoisotopic (exact) mass is 423 g/mol. The largest absolute Gasteiger partial charge is 0.416 e. The fraction of sp³-hybridized carbons (Fsp3) is 0.174. The molecule has 31 heavy (non-hydrogen) atoms. The summed E-state index contributed by atoms with van der Waals surface area (Å²) in [6.07, 6.45) is -4.43. The highest BCUT2D eigenvalue weighted by atomic mass is 19.4. The van der Waals surface area contributed by atoms with Gasteiger partial charge < -0.3 is 5.32 Å². The van der Waals surface area contributed by atoms with Gasteiger partial charge in [-0.15, -0.1) is 5.10 Å². The molecule has 1 heterocycles. The average molecular weight is 423 g/mol. The molecule has 0 aliphatic heterocycles. The Kier molecular flexibility index (Phi) is 5.46. The van der Waals surface area contributed by atoms with E-state index in [0.717, 1.165) is 34.5 Å². The van der Waals surface area contributed by atoms with Gasteiger partial charge >= 0.3 is 6.18 Å². The zero-order valence-corrected chi connectivity index (χ0v) is 16.9. The van der Waals surface area contributed by atoms with E-state index in [0.29, 0.717) is 11.5 Å². The fourth-order valence-corrected chi connectivity index (χ4v) is 3.57. The van der Waals surface area contributed by atoms with Crippen LogP contribution in [0.5, 0.6) is 0 Å². The molecule has 1 unspecified atom stereocenters. The first-order valence-electron chi connectivity index (χ1n) is 9.68. The topological polar surface area (TPSA) is 55.6 Å². The summed E-state index contributed by atoms with van der Waals surface area (Å²) in [7, 11) is 0. The van der Waals surface area contributed by atoms with E-state index in [1.54, 1.807) is 10.7 Å². The minimum Gasteiger partial charge on any atom is -0.371 e. The molecule has 0 amide bonds. The number of rotatable bonds is 5. The lowest BCUT2D eigenvalue weighted by molar-refractivity contribution is -0.137. The highest BCUT2D eigenvalue weighted by Crippen LogP contribution is 2.33. The molecule has 0 aliphatic rings. The van der Waals surface area contributed by atoms with E-state index in [-0.39, 0.29) is 0 Å². The Morgan fingerprint density at radius 3 is 2.23 bits per heavy atom. The first kappa shape index (κ1) is 20.6. The molecule has 4 rings (SSSR count). The zero-order valence-electron chi connectivity index (χ0n) is 16.9. The van der Waals surface area contributed by atoms with Gasteiger partial charge in [-0.25, -0.2) is 0 Å². The van der Waals surface area contributed by atoms with E-state index in [4.69, 9.17) is 0 Å². The Balaban J connectivity index is 1.82. The Morgan fingerprint density at radius 1 is 0.871 bits per heavy atom. The molecule has 0 spiro atoms. The molecular weight excluding hydrogens is 403 g/mol. The molecule has 5 nitrogen and oxygen atoms in total. The van der Waals surface area contributed by atoms with Crippen LogP contribution >= 0.6 is 0 Å². The summed E-state index contributed by atoms with van der Waals surface area (Å²) < 4.78 is 41.3. The number of hydrogen-bond acceptors (Lipinski definition) is 4. The minimum absolute atomic E-state index is 0.319. The second-order valence-corrected chi connectivity index (χ2v) is 7.26. The summed E-state index contributed by atoms with van der Waals surface area (Å²) in [5.41, 5.74) is 3.23. The second-order valence-electron chi connectivity index (χ2n) is 7.26. The van der Waals surface area contributed by atoms with Crippen LogP contribution in [0.4, 0.5) is 18.9 Å². The van der Waals surface area contributed by atoms with E-state index < -0.39 is 17.8 Å². The summed E-state index contributed by atoms with van der Waals surface area (Å²) in [6.45, 7) is 3.93. The lowest BCUT2D eigenvalue weighted by Crippen LogP contribution is -2.19. The smallest absolute Gasteiger partial charge is 0.371 e. The number of alkyl halides is 3. The second kappa shape index (κ2) is 8.22. The van der Waals surface area contributed by atoms with Crippen molar-refractivity contribution in [2.45, 2.75) is 26.1 Å². The van der Waals surface area contributed by atoms with Crippen LogP contribution < -0.4 is 5.32 Å². The van der Waals surface area contributed by atoms with Crippen molar-refractivity contribution in [3.8, 4) is 5.69 Å². The molecule has 1 aromatic heterocycles. The van der Waals surface area contributed by atoms with Gasteiger partial charge in [0.25, 0.3) is 0 Å². The Labute approximate surface area is 177 Å². The number of nitrogens with zero attached hydrogens (tertiary/aromatic N) is 4. The third-order valence-electron chi connectivity index (χ3n) is 5.04. The molecule has 158 valence electrons. The normalized spacial score (nSPS) is 12.5. The molecule has 4 aromatic rings. The number of tetrazole rings is 1. The van der Waals surface area contributed by atoms with E-state index in [1.165, 1.54) is 6.07 Å². The lowest BCUT2D eigenvalue weighted by atomic mass is 10.0. The van der Waals surface area contributed by atoms with Gasteiger partial charge in [0, 0.05) is 5.69 Å². The van der Waals surface area contributed by atoms with Crippen molar-refractivity contribution >= 4 is 5.69 Å². The van der Waals surface area contributed by atoms with Crippen molar-refractivity contribution < 1.29 is 13.2 Å². The zero-order chi connectivity index (χ0) is 22.0. The van der Waals surface area contributed by atoms with Crippen LogP contribution in [0.25, 0.3) is 5.69 Å². The van der Waals surface area contributed by atoms with E-state index >= 15 is 0 Å². The predicted octanol–water partition coefficient (Wildman–Crippen LogP) is 5.50. The summed E-state index contributed by atoms with van der Waals surface area (Å²) in [4.78, 5) is 0. The van der Waals surface area contributed by atoms with Crippen LogP contribution in [0.3, 0.4) is 0 Å². The van der Waals surface area contributed by atoms with Crippen molar-refractivity contribution in [2.24, 2.45) is 0 Å². The SMILES string of the molecule is Cc1cccc(C)c1-n1nnnc1C(Nc1cccc(C(F)(F)F)c1)c1ccccc1. The van der Waals surface area contributed by atoms with Crippen LogP contribution in [0, 0.1) is 13.8 Å². The van der Waals surface area contributed by atoms with E-state index in [2.05, 4.69) is 20.8 Å². The first-order chi connectivity index (χ1) is 14.8. The van der Waals surface area contributed by atoms with Gasteiger partial charge in [0.05, 0.1) is 11.3 Å². The molecule has 0 saturated carbocycles. The third-order valence-corrected chi connectivity index (χ3v) is 5.04. The maximum atomic E-state index is 13.2. The molecule has 0 bridgehead atoms. The highest BCUT2D eigenvalue weighted by Gasteiger charge is 2.31. The van der Waals surface area contributed by atoms with Crippen molar-refractivity contribution in [1.29, 1.82) is 0 Å². The maximum absolute atomic E-state index is 13.2. The number of nitrogens with one attached hydrogen (secondary N) is 1. The van der Waals surface area contributed by atoms with Gasteiger partial charge in [-0.1, -0.05) is 54.6 Å². The molecule has 0 radical (unpaired) electrons. The Hall–Kier alpha value is -3.68. The summed E-state index contributed by atoms with van der Waals surface area (Å²) >= 11 is 0. The van der Waals surface area contributed by atoms with E-state index in [1.807, 2.05) is 62.4 Å². The quantitative estimate of drug-likeness (QED) is 0.461. The highest BCUT2D eigenvalue weighted by molar-refractivity contribution is 5.52. The fourth-order valence-electron chi connectivity index (χ4n) is 3.57. The molecule has 1 N–H and O–H groups in total. The van der Waals surface area contributed by atoms with Gasteiger partial charge in [0.2, 0.25) is 0 Å². The molecular formula is C23H20F3N5. The summed E-state index contributed by atoms with van der Waals surface area (Å²) in [5, 5.41) is 15.5. The number of aromatic nitrogens is 4. The number of benzene rings is 3. The van der Waals surface area contributed by atoms with Crippen LogP contribution in [0.1, 0.15) is 34.1 Å². The third kappa shape index (κ3) is 4.28. The average Bonchev–Trinajstić information content (AvgIpc) is 3.21. The van der Waals surface area contributed by atoms with Crippen LogP contribution in [0.2, 0.25) is 0 Å². The number of aryl methyl sites for hydroxylation is 2. The van der Waals surface area contributed by atoms with Crippen LogP contribution in [0.15, 0.2) is 72.8 Å². The summed E-state index contributed by atoms with van der Waals surface area (Å²) in [6, 6.07) is 19.8. The molecule has 0 fully saturated rings. The Morgan fingerprint density at radius 2 is 1.55 bits per heavy atom. The van der Waals surface area contributed by atoms with Gasteiger partial charge in [0.15, 0.2) is 5.82 Å². The molecule has 0 aliphatic carbocycles. The maximum Gasteiger partial charge on any atom is 0.416 e. The van der Waals surface area contributed by atoms with Crippen LogP contribution in [-0.4, -0.2) is 20.2 Å². The van der Waals surface area contributed by atoms with Gasteiger partial charge in [-0.3, -0.25) is 0 Å². The molecule has 0 saturated heterocycles. The molecule has 1 atom stereocenters. The van der Waals surface area contributed by atoms with Gasteiger partial charge in [0.1, 0.15) is 6.04 Å². The van der Waals surface area contributed by atoms with Crippen LogP contribution in [-0.2, 0) is 6.18 Å². The first-order valence-corrected chi connectivity index (χ1v) is 9.68. The van der Waals surface area contributed by atoms with Crippen molar-refractivity contribution in [3.63, 3.8) is 0 Å². The van der Waals surface area contributed by atoms with E-state index in [9.17, 15) is 13.2 Å². The summed E-state index contributed by atoms with van der Waals surface area (Å²) in [5.74, 6) is 0.473. The number of anilines is 1. The van der Waals surface area contributed by atoms with Crippen molar-refractivity contribution in [2.75, 3.05) is 5.32 Å². The standard InChI is InChI=1S/C23H20F3N5/c1-15-8-6-9-16(2)21(15)31-22(28-29-30-31)20(17-10-4-3-5-11-17)27-19-13-7-12-18(14-19)23(24,25)26/h3-14,20,27H,1-2H3. The number of hydrogen-bond donors (Lipinski definition) is 1. The molecule has 3 aromatic carbocycles. The molecule has 8 heteroatoms. The minimum atomic E-state index is -4.43. The Bertz CT molecular complexity index is 1170. The number of halogens is 3. The van der Waals surface area contributed by atoms with Gasteiger partial charge in [-0.2, -0.15) is 17.9 Å².